The number of rotatable bonds is 2. The molecule has 120 valence electrons. The predicted molar refractivity (Wildman–Crippen MR) is 78.1 cm³/mol. The standard InChI is InChI=1S/C16H14O7/c1-22-16-9(18)6-10-11(13(16)20)12(19)14(21)15(23-10)7-2-4-8(17)5-3-7/h2-6,14-15,17-18,20-21H,1H3. The lowest BCUT2D eigenvalue weighted by atomic mass is 9.92. The summed E-state index contributed by atoms with van der Waals surface area (Å²) >= 11 is 0. The number of phenols is 3. The predicted octanol–water partition coefficient (Wildman–Crippen LogP) is 1.49. The molecule has 0 radical (unpaired) electrons. The van der Waals surface area contributed by atoms with Crippen LogP contribution in [0.15, 0.2) is 30.3 Å². The summed E-state index contributed by atoms with van der Waals surface area (Å²) < 4.78 is 10.4. The maximum absolute atomic E-state index is 12.4. The molecule has 1 aliphatic heterocycles. The van der Waals surface area contributed by atoms with Crippen LogP contribution in [-0.4, -0.2) is 39.4 Å². The Balaban J connectivity index is 2.09. The summed E-state index contributed by atoms with van der Waals surface area (Å²) in [6, 6.07) is 6.95. The lowest BCUT2D eigenvalue weighted by molar-refractivity contribution is 0.0209. The van der Waals surface area contributed by atoms with Crippen molar-refractivity contribution in [3.05, 3.63) is 41.5 Å². The van der Waals surface area contributed by atoms with Crippen LogP contribution in [0.2, 0.25) is 0 Å². The number of carbonyl (C=O) groups excluding carboxylic acids is 1. The number of ether oxygens (including phenoxy) is 2. The summed E-state index contributed by atoms with van der Waals surface area (Å²) in [6.07, 6.45) is -2.57. The van der Waals surface area contributed by atoms with Gasteiger partial charge in [0, 0.05) is 6.07 Å². The van der Waals surface area contributed by atoms with E-state index in [2.05, 4.69) is 0 Å². The number of benzene rings is 2. The van der Waals surface area contributed by atoms with Crippen LogP contribution in [-0.2, 0) is 0 Å². The van der Waals surface area contributed by atoms with E-state index < -0.39 is 29.5 Å². The normalized spacial score (nSPS) is 19.8. The zero-order valence-corrected chi connectivity index (χ0v) is 12.1. The van der Waals surface area contributed by atoms with E-state index in [4.69, 9.17) is 9.47 Å². The molecule has 4 N–H and O–H groups in total. The van der Waals surface area contributed by atoms with E-state index in [0.717, 1.165) is 6.07 Å². The molecule has 0 aliphatic carbocycles. The number of ketones is 1. The third-order valence-electron chi connectivity index (χ3n) is 3.68. The third kappa shape index (κ3) is 2.31. The summed E-state index contributed by atoms with van der Waals surface area (Å²) in [5, 5.41) is 39.4. The van der Waals surface area contributed by atoms with Gasteiger partial charge in [-0.25, -0.2) is 0 Å². The molecule has 0 spiro atoms. The highest BCUT2D eigenvalue weighted by molar-refractivity contribution is 6.06. The van der Waals surface area contributed by atoms with Crippen LogP contribution in [0.25, 0.3) is 0 Å². The second-order valence-corrected chi connectivity index (χ2v) is 5.09. The van der Waals surface area contributed by atoms with Gasteiger partial charge >= 0.3 is 0 Å². The minimum atomic E-state index is -1.55. The van der Waals surface area contributed by atoms with Gasteiger partial charge in [-0.1, -0.05) is 12.1 Å². The highest BCUT2D eigenvalue weighted by atomic mass is 16.5. The number of phenolic OH excluding ortho intramolecular Hbond substituents is 3. The number of aromatic hydroxyl groups is 3. The Morgan fingerprint density at radius 2 is 1.78 bits per heavy atom. The number of aliphatic hydroxyl groups is 1. The van der Waals surface area contributed by atoms with Gasteiger partial charge < -0.3 is 29.9 Å². The SMILES string of the molecule is COc1c(O)cc2c(c1O)C(=O)C(O)C(c1ccc(O)cc1)O2. The molecule has 1 aliphatic rings. The van der Waals surface area contributed by atoms with E-state index in [0.29, 0.717) is 5.56 Å². The van der Waals surface area contributed by atoms with Crippen molar-refractivity contribution in [1.29, 1.82) is 0 Å². The van der Waals surface area contributed by atoms with Crippen molar-refractivity contribution in [2.45, 2.75) is 12.2 Å². The number of Topliss-reactive ketones (excluding diaryl/α,β-unsaturated/α-hetero) is 1. The van der Waals surface area contributed by atoms with E-state index in [1.165, 1.54) is 31.4 Å². The largest absolute Gasteiger partial charge is 0.508 e. The number of methoxy groups -OCH3 is 1. The van der Waals surface area contributed by atoms with Gasteiger partial charge in [-0.2, -0.15) is 0 Å². The van der Waals surface area contributed by atoms with Crippen LogP contribution in [0, 0.1) is 0 Å². The molecule has 0 bridgehead atoms. The number of fused-ring (bicyclic) bond motifs is 1. The van der Waals surface area contributed by atoms with E-state index in [9.17, 15) is 25.2 Å². The van der Waals surface area contributed by atoms with Gasteiger partial charge in [0.15, 0.2) is 23.7 Å². The average Bonchev–Trinajstić information content (AvgIpc) is 2.52. The lowest BCUT2D eigenvalue weighted by Crippen LogP contribution is -2.36. The fraction of sp³-hybridized carbons (Fsp3) is 0.188. The molecule has 2 atom stereocenters. The average molecular weight is 318 g/mol. The van der Waals surface area contributed by atoms with Gasteiger partial charge in [0.2, 0.25) is 11.5 Å². The summed E-state index contributed by atoms with van der Waals surface area (Å²) in [6.45, 7) is 0. The van der Waals surface area contributed by atoms with Crippen molar-refractivity contribution >= 4 is 5.78 Å². The number of hydrogen-bond acceptors (Lipinski definition) is 7. The van der Waals surface area contributed by atoms with Crippen molar-refractivity contribution in [3.8, 4) is 28.7 Å². The highest BCUT2D eigenvalue weighted by Gasteiger charge is 2.40. The highest BCUT2D eigenvalue weighted by Crippen LogP contribution is 2.48. The Labute approximate surface area is 131 Å². The Morgan fingerprint density at radius 1 is 1.13 bits per heavy atom. The molecular weight excluding hydrogens is 304 g/mol. The quantitative estimate of drug-likeness (QED) is 0.663. The first-order valence-corrected chi connectivity index (χ1v) is 6.74. The Bertz CT molecular complexity index is 767. The molecule has 2 unspecified atom stereocenters. The van der Waals surface area contributed by atoms with Gasteiger partial charge in [-0.05, 0) is 17.7 Å². The Hall–Kier alpha value is -2.93. The second kappa shape index (κ2) is 5.36. The van der Waals surface area contributed by atoms with Gasteiger partial charge in [0.25, 0.3) is 0 Å². The minimum absolute atomic E-state index is 0.0331. The molecular formula is C16H14O7. The maximum atomic E-state index is 12.4. The summed E-state index contributed by atoms with van der Waals surface area (Å²) in [7, 11) is 1.23. The zero-order chi connectivity index (χ0) is 16.7. The van der Waals surface area contributed by atoms with Crippen LogP contribution < -0.4 is 9.47 Å². The molecule has 2 aromatic carbocycles. The number of carbonyl (C=O) groups is 1. The van der Waals surface area contributed by atoms with Crippen LogP contribution in [0.4, 0.5) is 0 Å². The molecule has 2 aromatic rings. The zero-order valence-electron chi connectivity index (χ0n) is 12.1. The molecule has 3 rings (SSSR count). The maximum Gasteiger partial charge on any atom is 0.203 e. The van der Waals surface area contributed by atoms with E-state index >= 15 is 0 Å². The van der Waals surface area contributed by atoms with E-state index in [-0.39, 0.29) is 22.8 Å². The van der Waals surface area contributed by atoms with Gasteiger partial charge in [-0.15, -0.1) is 0 Å². The Kier molecular flexibility index (Phi) is 3.49. The number of hydrogen-bond donors (Lipinski definition) is 4. The first-order chi connectivity index (χ1) is 10.9. The smallest absolute Gasteiger partial charge is 0.203 e. The van der Waals surface area contributed by atoms with E-state index in [1.807, 2.05) is 0 Å². The Morgan fingerprint density at radius 3 is 2.39 bits per heavy atom. The molecule has 0 fully saturated rings. The van der Waals surface area contributed by atoms with Gasteiger partial charge in [0.05, 0.1) is 7.11 Å². The molecule has 0 saturated carbocycles. The third-order valence-corrected chi connectivity index (χ3v) is 3.68. The topological polar surface area (TPSA) is 116 Å². The fourth-order valence-corrected chi connectivity index (χ4v) is 2.55. The first kappa shape index (κ1) is 15.0. The minimum Gasteiger partial charge on any atom is -0.508 e. The fourth-order valence-electron chi connectivity index (χ4n) is 2.55. The van der Waals surface area contributed by atoms with Crippen LogP contribution in [0.3, 0.4) is 0 Å². The molecule has 23 heavy (non-hydrogen) atoms. The summed E-state index contributed by atoms with van der Waals surface area (Å²) in [5.41, 5.74) is 0.214. The van der Waals surface area contributed by atoms with Crippen LogP contribution in [0.1, 0.15) is 22.0 Å². The van der Waals surface area contributed by atoms with Gasteiger partial charge in [0.1, 0.15) is 17.1 Å². The van der Waals surface area contributed by atoms with Crippen molar-refractivity contribution in [2.75, 3.05) is 7.11 Å². The van der Waals surface area contributed by atoms with Crippen LogP contribution in [0.5, 0.6) is 28.7 Å². The molecule has 0 amide bonds. The first-order valence-electron chi connectivity index (χ1n) is 6.74. The summed E-state index contributed by atoms with van der Waals surface area (Å²) in [5.74, 6) is -2.02. The van der Waals surface area contributed by atoms with Crippen molar-refractivity contribution in [3.63, 3.8) is 0 Å². The summed E-state index contributed by atoms with van der Waals surface area (Å²) in [4.78, 5) is 12.4. The molecule has 7 nitrogen and oxygen atoms in total. The lowest BCUT2D eigenvalue weighted by Gasteiger charge is -2.30. The number of aliphatic hydroxyl groups excluding tert-OH is 1. The van der Waals surface area contributed by atoms with Crippen molar-refractivity contribution in [2.24, 2.45) is 0 Å². The molecule has 0 saturated heterocycles. The second-order valence-electron chi connectivity index (χ2n) is 5.09. The van der Waals surface area contributed by atoms with Crippen LogP contribution >= 0.6 is 0 Å². The van der Waals surface area contributed by atoms with E-state index in [1.54, 1.807) is 0 Å². The van der Waals surface area contributed by atoms with Crippen molar-refractivity contribution in [1.82, 2.24) is 0 Å². The molecule has 7 heteroatoms. The monoisotopic (exact) mass is 318 g/mol. The van der Waals surface area contributed by atoms with Crippen molar-refractivity contribution < 1.29 is 34.7 Å². The van der Waals surface area contributed by atoms with Gasteiger partial charge in [-0.3, -0.25) is 4.79 Å². The molecule has 1 heterocycles. The molecule has 0 aromatic heterocycles.